The Kier molecular flexibility index (Phi) is 13.2. The molecule has 0 spiro atoms. The zero-order valence-corrected chi connectivity index (χ0v) is 26.2. The van der Waals surface area contributed by atoms with E-state index in [1.54, 1.807) is 7.05 Å². The molecule has 0 saturated heterocycles. The van der Waals surface area contributed by atoms with E-state index in [1.165, 1.54) is 34.9 Å². The van der Waals surface area contributed by atoms with Crippen LogP contribution in [0.15, 0.2) is 101 Å². The van der Waals surface area contributed by atoms with E-state index in [0.717, 1.165) is 25.1 Å². The van der Waals surface area contributed by atoms with Crippen LogP contribution in [-0.2, 0) is 0 Å². The monoisotopic (exact) mass is 592 g/mol. The van der Waals surface area contributed by atoms with Crippen molar-refractivity contribution in [1.29, 1.82) is 0 Å². The van der Waals surface area contributed by atoms with Gasteiger partial charge in [0.15, 0.2) is 5.11 Å². The predicted molar refractivity (Wildman–Crippen MR) is 185 cm³/mol. The summed E-state index contributed by atoms with van der Waals surface area (Å²) in [6.07, 6.45) is 5.73. The zero-order valence-electron chi connectivity index (χ0n) is 23.6. The molecule has 0 aromatic heterocycles. The van der Waals surface area contributed by atoms with Gasteiger partial charge in [-0.25, -0.2) is 0 Å². The Morgan fingerprint density at radius 1 is 0.625 bits per heavy atom. The molecule has 0 aliphatic heterocycles. The molecule has 0 fully saturated rings. The van der Waals surface area contributed by atoms with Crippen molar-refractivity contribution < 1.29 is 0 Å². The van der Waals surface area contributed by atoms with Crippen LogP contribution < -0.4 is 37.4 Å². The first-order valence-corrected chi connectivity index (χ1v) is 16.8. The van der Waals surface area contributed by atoms with Crippen LogP contribution in [-0.4, -0.2) is 41.4 Å². The molecule has 212 valence electrons. The van der Waals surface area contributed by atoms with E-state index in [1.807, 2.05) is 13.8 Å². The number of rotatable bonds is 13. The summed E-state index contributed by atoms with van der Waals surface area (Å²) in [7, 11) is -0.404. The van der Waals surface area contributed by atoms with Crippen LogP contribution in [0.3, 0.4) is 0 Å². The molecular formula is C31H41N6PS2. The molecule has 3 aromatic rings. The molecule has 0 heterocycles. The third-order valence-electron chi connectivity index (χ3n) is 6.96. The molecule has 0 amide bonds. The van der Waals surface area contributed by atoms with E-state index >= 15 is 0 Å². The van der Waals surface area contributed by atoms with E-state index in [4.69, 9.17) is 24.4 Å². The fourth-order valence-corrected chi connectivity index (χ4v) is 9.82. The Morgan fingerprint density at radius 2 is 1.05 bits per heavy atom. The standard InChI is InChI=1S/C31H41N6PS2/c1-25(34-36-30(39)32-3)26(2)35-37-31(40)33-23-15-4-5-16-24-38(27-17-9-6-10-18-27,28-19-11-7-12-20-28)29-21-13-8-14-22-29/h6-14,17-22,38H,4-5,15-16,23-24H2,1-3H3,(H2,32,36,39)(H2,33,37,40)/b34-25-,35-26-. The van der Waals surface area contributed by atoms with Gasteiger partial charge in [-0.2, -0.15) is 5.10 Å². The molecule has 0 saturated carbocycles. The number of thiocarbonyl (C=S) groups is 2. The molecule has 0 unspecified atom stereocenters. The maximum atomic E-state index is 5.39. The third-order valence-corrected chi connectivity index (χ3v) is 12.6. The minimum atomic E-state index is -2.14. The van der Waals surface area contributed by atoms with Gasteiger partial charge >= 0.3 is 204 Å². The Labute approximate surface area is 250 Å². The summed E-state index contributed by atoms with van der Waals surface area (Å²) in [5.41, 5.74) is 7.09. The summed E-state index contributed by atoms with van der Waals surface area (Å²) >= 11 is 10.4. The predicted octanol–water partition coefficient (Wildman–Crippen LogP) is 4.58. The van der Waals surface area contributed by atoms with Gasteiger partial charge in [0.2, 0.25) is 0 Å². The summed E-state index contributed by atoms with van der Waals surface area (Å²) in [6, 6.07) is 33.4. The molecule has 0 atom stereocenters. The Morgan fingerprint density at radius 3 is 1.50 bits per heavy atom. The average Bonchev–Trinajstić information content (AvgIpc) is 3.01. The molecule has 0 aliphatic carbocycles. The van der Waals surface area contributed by atoms with Crippen molar-refractivity contribution in [3.8, 4) is 0 Å². The molecule has 0 aliphatic rings. The molecule has 0 bridgehead atoms. The van der Waals surface area contributed by atoms with Crippen LogP contribution in [0.2, 0.25) is 0 Å². The molecule has 9 heteroatoms. The molecule has 6 nitrogen and oxygen atoms in total. The van der Waals surface area contributed by atoms with E-state index in [0.29, 0.717) is 15.9 Å². The van der Waals surface area contributed by atoms with E-state index in [2.05, 4.69) is 123 Å². The number of unbranched alkanes of at least 4 members (excludes halogenated alkanes) is 3. The van der Waals surface area contributed by atoms with Crippen LogP contribution in [0.1, 0.15) is 39.5 Å². The van der Waals surface area contributed by atoms with Crippen molar-refractivity contribution >= 4 is 69.3 Å². The van der Waals surface area contributed by atoms with Crippen LogP contribution >= 0.6 is 31.7 Å². The number of hydrogen-bond acceptors (Lipinski definition) is 4. The number of nitrogens with zero attached hydrogens (tertiary/aromatic N) is 2. The second kappa shape index (κ2) is 16.8. The molecule has 3 aromatic carbocycles. The van der Waals surface area contributed by atoms with Gasteiger partial charge in [-0.1, -0.05) is 0 Å². The molecule has 4 N–H and O–H groups in total. The number of benzene rings is 3. The summed E-state index contributed by atoms with van der Waals surface area (Å²) in [5.74, 6) is 0. The summed E-state index contributed by atoms with van der Waals surface area (Å²) in [6.45, 7) is 4.53. The topological polar surface area (TPSA) is 72.8 Å². The van der Waals surface area contributed by atoms with Crippen molar-refractivity contribution in [2.24, 2.45) is 10.2 Å². The van der Waals surface area contributed by atoms with Crippen molar-refractivity contribution in [2.75, 3.05) is 19.8 Å². The first kappa shape index (κ1) is 31.3. The van der Waals surface area contributed by atoms with Gasteiger partial charge in [0.25, 0.3) is 0 Å². The molecule has 0 radical (unpaired) electrons. The number of nitrogens with one attached hydrogen (secondary N) is 4. The van der Waals surface area contributed by atoms with Gasteiger partial charge in [0.05, 0.1) is 0 Å². The molecular weight excluding hydrogens is 551 g/mol. The Hall–Kier alpha value is -3.19. The average molecular weight is 593 g/mol. The molecule has 40 heavy (non-hydrogen) atoms. The number of hydrogen-bond donors (Lipinski definition) is 4. The van der Waals surface area contributed by atoms with Crippen LogP contribution in [0, 0.1) is 0 Å². The van der Waals surface area contributed by atoms with Gasteiger partial charge in [0, 0.05) is 7.05 Å². The van der Waals surface area contributed by atoms with E-state index in [9.17, 15) is 0 Å². The van der Waals surface area contributed by atoms with Crippen LogP contribution in [0.5, 0.6) is 0 Å². The van der Waals surface area contributed by atoms with Gasteiger partial charge < -0.3 is 5.32 Å². The Balaban J connectivity index is 1.53. The van der Waals surface area contributed by atoms with Crippen molar-refractivity contribution in [2.45, 2.75) is 39.5 Å². The zero-order chi connectivity index (χ0) is 28.6. The van der Waals surface area contributed by atoms with E-state index in [-0.39, 0.29) is 0 Å². The van der Waals surface area contributed by atoms with Crippen molar-refractivity contribution in [1.82, 2.24) is 21.5 Å². The summed E-state index contributed by atoms with van der Waals surface area (Å²) in [5, 5.41) is 19.9. The SMILES string of the molecule is CNC(=S)N/N=C(C)\C(C)=N/NC(=S)NCCCCCC[PH](c1ccccc1)(c1ccccc1)c1ccccc1. The van der Waals surface area contributed by atoms with E-state index < -0.39 is 7.26 Å². The quantitative estimate of drug-likeness (QED) is 0.0766. The maximum absolute atomic E-state index is 5.39. The minimum absolute atomic E-state index is 0.450. The van der Waals surface area contributed by atoms with Crippen LogP contribution in [0.25, 0.3) is 0 Å². The number of hydrazone groups is 2. The van der Waals surface area contributed by atoms with Gasteiger partial charge in [0.1, 0.15) is 0 Å². The second-order valence-corrected chi connectivity index (χ2v) is 14.5. The van der Waals surface area contributed by atoms with Crippen molar-refractivity contribution in [3.05, 3.63) is 91.0 Å². The fourth-order valence-electron chi connectivity index (χ4n) is 4.70. The first-order valence-electron chi connectivity index (χ1n) is 13.7. The normalized spacial score (nSPS) is 12.4. The summed E-state index contributed by atoms with van der Waals surface area (Å²) < 4.78 is 0. The second-order valence-electron chi connectivity index (χ2n) is 9.62. The molecule has 3 rings (SSSR count). The fraction of sp³-hybridized carbons (Fsp3) is 0.290. The van der Waals surface area contributed by atoms with Crippen molar-refractivity contribution in [3.63, 3.8) is 0 Å². The third kappa shape index (κ3) is 9.19. The Bertz CT molecular complexity index is 1170. The van der Waals surface area contributed by atoms with Gasteiger partial charge in [-0.15, -0.1) is 0 Å². The van der Waals surface area contributed by atoms with Gasteiger partial charge in [-0.3, -0.25) is 5.43 Å². The summed E-state index contributed by atoms with van der Waals surface area (Å²) in [4.78, 5) is 0. The first-order chi connectivity index (χ1) is 19.5. The van der Waals surface area contributed by atoms with Gasteiger partial charge in [-0.05, 0) is 19.1 Å². The van der Waals surface area contributed by atoms with Crippen LogP contribution in [0.4, 0.5) is 0 Å².